The molecule has 2 heterocycles. The molecule has 2 aromatic rings. The van der Waals surface area contributed by atoms with Gasteiger partial charge in [0.15, 0.2) is 0 Å². The topological polar surface area (TPSA) is 62.7 Å². The fourth-order valence-electron chi connectivity index (χ4n) is 5.07. The summed E-state index contributed by atoms with van der Waals surface area (Å²) in [4.78, 5) is 18.1. The first-order valence-electron chi connectivity index (χ1n) is 12.6. The number of nitrogens with zero attached hydrogens (tertiary/aromatic N) is 2. The standard InChI is InChI=1S/C27H39FN2O3S/c1-3-16-34-17-4-14-30-15-12-20(21(19-30)6-10-27(31)32)5-8-25(28)23-11-13-29-26-9-7-22(33-2)18-24(23)26/h7,9,11,13,18,20-21,25H,3-6,8,10,12,14-17,19H2,1-2H3,(H,31,32)/t20-,21+,25?/m1/s1. The zero-order valence-electron chi connectivity index (χ0n) is 20.5. The molecule has 1 aliphatic heterocycles. The molecule has 1 aliphatic rings. The fourth-order valence-corrected chi connectivity index (χ4v) is 5.90. The van der Waals surface area contributed by atoms with E-state index in [2.05, 4.69) is 16.8 Å². The fraction of sp³-hybridized carbons (Fsp3) is 0.630. The van der Waals surface area contributed by atoms with Crippen LogP contribution in [0.15, 0.2) is 30.5 Å². The number of carboxylic acids is 1. The van der Waals surface area contributed by atoms with Crippen molar-refractivity contribution < 1.29 is 19.0 Å². The Hall–Kier alpha value is -1.86. The van der Waals surface area contributed by atoms with Crippen molar-refractivity contribution >= 4 is 28.6 Å². The molecular weight excluding hydrogens is 451 g/mol. The van der Waals surface area contributed by atoms with Gasteiger partial charge in [0, 0.05) is 24.5 Å². The van der Waals surface area contributed by atoms with E-state index in [-0.39, 0.29) is 6.42 Å². The summed E-state index contributed by atoms with van der Waals surface area (Å²) in [5.41, 5.74) is 1.43. The molecule has 3 rings (SSSR count). The molecule has 0 saturated carbocycles. The quantitative estimate of drug-likeness (QED) is 0.311. The molecular formula is C27H39FN2O3S. The minimum absolute atomic E-state index is 0.190. The molecule has 1 aromatic heterocycles. The van der Waals surface area contributed by atoms with Gasteiger partial charge in [-0.2, -0.15) is 11.8 Å². The SMILES string of the molecule is CCCSCCCN1CC[C@@H](CCC(F)c2ccnc3ccc(OC)cc23)[C@@H](CCC(=O)O)C1. The van der Waals surface area contributed by atoms with Gasteiger partial charge in [-0.15, -0.1) is 0 Å². The van der Waals surface area contributed by atoms with Gasteiger partial charge in [0.2, 0.25) is 0 Å². The summed E-state index contributed by atoms with van der Waals surface area (Å²) in [6.07, 6.45) is 6.08. The van der Waals surface area contributed by atoms with Gasteiger partial charge in [0.05, 0.1) is 12.6 Å². The van der Waals surface area contributed by atoms with Crippen molar-refractivity contribution in [3.8, 4) is 5.75 Å². The number of ether oxygens (including phenoxy) is 1. The van der Waals surface area contributed by atoms with Crippen molar-refractivity contribution in [2.75, 3.05) is 38.2 Å². The second kappa shape index (κ2) is 13.9. The Balaban J connectivity index is 1.59. The molecule has 5 nitrogen and oxygen atoms in total. The highest BCUT2D eigenvalue weighted by atomic mass is 32.2. The van der Waals surface area contributed by atoms with Crippen molar-refractivity contribution in [3.63, 3.8) is 0 Å². The van der Waals surface area contributed by atoms with E-state index in [1.807, 2.05) is 30.0 Å². The number of pyridine rings is 1. The van der Waals surface area contributed by atoms with Crippen molar-refractivity contribution in [1.29, 1.82) is 0 Å². The van der Waals surface area contributed by atoms with E-state index in [1.54, 1.807) is 19.4 Å². The largest absolute Gasteiger partial charge is 0.497 e. The molecule has 0 spiro atoms. The number of rotatable bonds is 14. The van der Waals surface area contributed by atoms with E-state index in [1.165, 1.54) is 24.3 Å². The van der Waals surface area contributed by atoms with Crippen molar-refractivity contribution in [2.24, 2.45) is 11.8 Å². The van der Waals surface area contributed by atoms with Crippen LogP contribution in [0.25, 0.3) is 10.9 Å². The Kier molecular flexibility index (Phi) is 10.9. The average molecular weight is 491 g/mol. The number of alkyl halides is 1. The highest BCUT2D eigenvalue weighted by molar-refractivity contribution is 7.99. The molecule has 34 heavy (non-hydrogen) atoms. The number of fused-ring (bicyclic) bond motifs is 1. The number of aromatic nitrogens is 1. The van der Waals surface area contributed by atoms with Gasteiger partial charge in [-0.3, -0.25) is 9.78 Å². The van der Waals surface area contributed by atoms with Crippen molar-refractivity contribution in [3.05, 3.63) is 36.0 Å². The summed E-state index contributed by atoms with van der Waals surface area (Å²) in [7, 11) is 1.61. The molecule has 1 fully saturated rings. The maximum atomic E-state index is 15.5. The van der Waals surface area contributed by atoms with Crippen LogP contribution in [0, 0.1) is 11.8 Å². The van der Waals surface area contributed by atoms with Gasteiger partial charge in [-0.1, -0.05) is 6.92 Å². The number of carboxylic acid groups (broad SMARTS) is 1. The molecule has 1 saturated heterocycles. The van der Waals surface area contributed by atoms with Crippen molar-refractivity contribution in [1.82, 2.24) is 9.88 Å². The summed E-state index contributed by atoms with van der Waals surface area (Å²) >= 11 is 2.01. The monoisotopic (exact) mass is 490 g/mol. The molecule has 0 radical (unpaired) electrons. The van der Waals surface area contributed by atoms with Gasteiger partial charge in [-0.05, 0) is 105 Å². The molecule has 0 bridgehead atoms. The third-order valence-electron chi connectivity index (χ3n) is 6.93. The highest BCUT2D eigenvalue weighted by Gasteiger charge is 2.30. The number of benzene rings is 1. The lowest BCUT2D eigenvalue weighted by molar-refractivity contribution is -0.137. The first-order chi connectivity index (χ1) is 16.5. The lowest BCUT2D eigenvalue weighted by Gasteiger charge is -2.39. The number of piperidine rings is 1. The van der Waals surface area contributed by atoms with Gasteiger partial charge in [-0.25, -0.2) is 4.39 Å². The lowest BCUT2D eigenvalue weighted by atomic mass is 9.79. The molecule has 7 heteroatoms. The normalized spacial score (nSPS) is 19.9. The van der Waals surface area contributed by atoms with Gasteiger partial charge in [0.25, 0.3) is 0 Å². The number of carbonyl (C=O) groups is 1. The van der Waals surface area contributed by atoms with Crippen molar-refractivity contribution in [2.45, 2.75) is 58.0 Å². The van der Waals surface area contributed by atoms with Crippen LogP contribution in [-0.2, 0) is 4.79 Å². The van der Waals surface area contributed by atoms with Crippen LogP contribution in [0.5, 0.6) is 5.75 Å². The van der Waals surface area contributed by atoms with Gasteiger partial charge in [0.1, 0.15) is 11.9 Å². The predicted octanol–water partition coefficient (Wildman–Crippen LogP) is 6.37. The smallest absolute Gasteiger partial charge is 0.303 e. The molecule has 0 amide bonds. The average Bonchev–Trinajstić information content (AvgIpc) is 2.85. The van der Waals surface area contributed by atoms with Crippen LogP contribution in [0.4, 0.5) is 4.39 Å². The number of methoxy groups -OCH3 is 1. The number of likely N-dealkylation sites (tertiary alicyclic amines) is 1. The van der Waals surface area contributed by atoms with Gasteiger partial charge < -0.3 is 14.7 Å². The van der Waals surface area contributed by atoms with E-state index in [9.17, 15) is 9.90 Å². The van der Waals surface area contributed by atoms with Crippen LogP contribution in [0.2, 0.25) is 0 Å². The lowest BCUT2D eigenvalue weighted by Crippen LogP contribution is -2.41. The predicted molar refractivity (Wildman–Crippen MR) is 139 cm³/mol. The molecule has 0 aliphatic carbocycles. The summed E-state index contributed by atoms with van der Waals surface area (Å²) in [6.45, 7) is 5.24. The highest BCUT2D eigenvalue weighted by Crippen LogP contribution is 2.36. The Morgan fingerprint density at radius 3 is 2.91 bits per heavy atom. The maximum Gasteiger partial charge on any atom is 0.303 e. The summed E-state index contributed by atoms with van der Waals surface area (Å²) < 4.78 is 20.8. The van der Waals surface area contributed by atoms with Crippen LogP contribution in [0.1, 0.15) is 63.6 Å². The number of aliphatic carboxylic acids is 1. The first kappa shape index (κ1) is 26.7. The second-order valence-electron chi connectivity index (χ2n) is 9.34. The van der Waals surface area contributed by atoms with E-state index in [4.69, 9.17) is 4.74 Å². The Morgan fingerprint density at radius 2 is 2.15 bits per heavy atom. The summed E-state index contributed by atoms with van der Waals surface area (Å²) in [5, 5.41) is 10.0. The van der Waals surface area contributed by atoms with Crippen LogP contribution in [0.3, 0.4) is 0 Å². The van der Waals surface area contributed by atoms with Crippen LogP contribution >= 0.6 is 11.8 Å². The zero-order chi connectivity index (χ0) is 24.3. The molecule has 188 valence electrons. The second-order valence-corrected chi connectivity index (χ2v) is 10.6. The van der Waals surface area contributed by atoms with Gasteiger partial charge >= 0.3 is 5.97 Å². The molecule has 1 unspecified atom stereocenters. The van der Waals surface area contributed by atoms with E-state index in [0.29, 0.717) is 36.0 Å². The third-order valence-corrected chi connectivity index (χ3v) is 8.20. The van der Waals surface area contributed by atoms with E-state index in [0.717, 1.165) is 43.4 Å². The minimum atomic E-state index is -1.08. The first-order valence-corrected chi connectivity index (χ1v) is 13.8. The zero-order valence-corrected chi connectivity index (χ0v) is 21.4. The minimum Gasteiger partial charge on any atom is -0.497 e. The Morgan fingerprint density at radius 1 is 1.29 bits per heavy atom. The third kappa shape index (κ3) is 7.84. The number of hydrogen-bond acceptors (Lipinski definition) is 5. The molecule has 1 aromatic carbocycles. The van der Waals surface area contributed by atoms with Crippen LogP contribution < -0.4 is 4.74 Å². The summed E-state index contributed by atoms with van der Waals surface area (Å²) in [6, 6.07) is 7.34. The molecule has 1 N–H and O–H groups in total. The number of thioether (sulfide) groups is 1. The summed E-state index contributed by atoms with van der Waals surface area (Å²) in [5.74, 6) is 3.03. The Bertz CT molecular complexity index is 913. The number of hydrogen-bond donors (Lipinski definition) is 1. The van der Waals surface area contributed by atoms with Crippen LogP contribution in [-0.4, -0.2) is 59.2 Å². The van der Waals surface area contributed by atoms with E-state index >= 15 is 4.39 Å². The molecule has 3 atom stereocenters. The maximum absolute atomic E-state index is 15.5. The van der Waals surface area contributed by atoms with E-state index < -0.39 is 12.1 Å². The Labute approximate surface area is 207 Å². The number of halogens is 1.